The fourth-order valence-corrected chi connectivity index (χ4v) is 2.73. The van der Waals surface area contributed by atoms with Crippen LogP contribution < -0.4 is 4.74 Å². The molecule has 1 N–H and O–H groups in total. The molecule has 1 aliphatic heterocycles. The maximum Gasteiger partial charge on any atom is 0.410 e. The lowest BCUT2D eigenvalue weighted by atomic mass is 9.94. The zero-order valence-corrected chi connectivity index (χ0v) is 14.0. The van der Waals surface area contributed by atoms with Gasteiger partial charge >= 0.3 is 6.09 Å². The van der Waals surface area contributed by atoms with Crippen molar-refractivity contribution in [3.8, 4) is 5.75 Å². The number of nitrogens with zero attached hydrogens (tertiary/aromatic N) is 1. The molecule has 0 aromatic heterocycles. The highest BCUT2D eigenvalue weighted by atomic mass is 19.1. The van der Waals surface area contributed by atoms with Gasteiger partial charge in [0.25, 0.3) is 0 Å². The van der Waals surface area contributed by atoms with Gasteiger partial charge in [-0.15, -0.1) is 0 Å². The van der Waals surface area contributed by atoms with Crippen LogP contribution in [0.4, 0.5) is 9.18 Å². The van der Waals surface area contributed by atoms with Crippen molar-refractivity contribution in [2.75, 3.05) is 20.2 Å². The van der Waals surface area contributed by atoms with Crippen LogP contribution in [0.2, 0.25) is 0 Å². The van der Waals surface area contributed by atoms with Crippen LogP contribution in [-0.4, -0.2) is 41.9 Å². The summed E-state index contributed by atoms with van der Waals surface area (Å²) in [5, 5.41) is 10.6. The molecule has 0 spiro atoms. The number of carbonyl (C=O) groups is 1. The van der Waals surface area contributed by atoms with E-state index in [1.165, 1.54) is 25.3 Å². The molecule has 0 aliphatic carbocycles. The van der Waals surface area contributed by atoms with Crippen LogP contribution in [0, 0.1) is 11.7 Å². The number of amides is 1. The molecule has 1 fully saturated rings. The zero-order valence-electron chi connectivity index (χ0n) is 14.0. The maximum absolute atomic E-state index is 13.5. The summed E-state index contributed by atoms with van der Waals surface area (Å²) >= 11 is 0. The van der Waals surface area contributed by atoms with Gasteiger partial charge in [-0.2, -0.15) is 0 Å². The maximum atomic E-state index is 13.5. The van der Waals surface area contributed by atoms with Gasteiger partial charge in [0.15, 0.2) is 0 Å². The Morgan fingerprint density at radius 1 is 1.43 bits per heavy atom. The largest absolute Gasteiger partial charge is 0.496 e. The number of carbonyl (C=O) groups excluding carboxylic acids is 1. The second-order valence-corrected chi connectivity index (χ2v) is 6.81. The van der Waals surface area contributed by atoms with E-state index in [0.29, 0.717) is 30.8 Å². The van der Waals surface area contributed by atoms with E-state index >= 15 is 0 Å². The Labute approximate surface area is 136 Å². The number of aliphatic hydroxyl groups excluding tert-OH is 1. The topological polar surface area (TPSA) is 59.0 Å². The quantitative estimate of drug-likeness (QED) is 0.927. The summed E-state index contributed by atoms with van der Waals surface area (Å²) in [6.07, 6.45) is -0.661. The molecule has 1 aliphatic rings. The molecular formula is C17H24FNO4. The Morgan fingerprint density at radius 3 is 2.74 bits per heavy atom. The van der Waals surface area contributed by atoms with Crippen LogP contribution in [0.15, 0.2) is 18.2 Å². The lowest BCUT2D eigenvalue weighted by Gasteiger charge is -2.25. The zero-order chi connectivity index (χ0) is 17.2. The van der Waals surface area contributed by atoms with Crippen LogP contribution in [0.25, 0.3) is 0 Å². The first-order valence-electron chi connectivity index (χ1n) is 7.70. The number of halogens is 1. The predicted octanol–water partition coefficient (Wildman–Crippen LogP) is 3.12. The minimum Gasteiger partial charge on any atom is -0.496 e. The van der Waals surface area contributed by atoms with Crippen molar-refractivity contribution in [2.24, 2.45) is 5.92 Å². The third kappa shape index (κ3) is 4.34. The van der Waals surface area contributed by atoms with Crippen molar-refractivity contribution in [1.29, 1.82) is 0 Å². The van der Waals surface area contributed by atoms with Gasteiger partial charge in [0, 0.05) is 24.6 Å². The average Bonchev–Trinajstić information content (AvgIpc) is 2.94. The van der Waals surface area contributed by atoms with Gasteiger partial charge in [-0.1, -0.05) is 0 Å². The van der Waals surface area contributed by atoms with E-state index in [2.05, 4.69) is 0 Å². The number of rotatable bonds is 3. The molecule has 128 valence electrons. The van der Waals surface area contributed by atoms with Crippen LogP contribution in [0.1, 0.15) is 38.9 Å². The van der Waals surface area contributed by atoms with Gasteiger partial charge in [0.05, 0.1) is 13.2 Å². The minimum atomic E-state index is -0.895. The third-order valence-corrected chi connectivity index (χ3v) is 3.83. The van der Waals surface area contributed by atoms with Crippen LogP contribution >= 0.6 is 0 Å². The van der Waals surface area contributed by atoms with Crippen molar-refractivity contribution in [3.05, 3.63) is 29.6 Å². The molecule has 1 aromatic carbocycles. The van der Waals surface area contributed by atoms with E-state index in [1.807, 2.05) is 20.8 Å². The summed E-state index contributed by atoms with van der Waals surface area (Å²) < 4.78 is 24.0. The number of benzene rings is 1. The van der Waals surface area contributed by atoms with E-state index in [9.17, 15) is 14.3 Å². The fourth-order valence-electron chi connectivity index (χ4n) is 2.73. The summed E-state index contributed by atoms with van der Waals surface area (Å²) in [4.78, 5) is 13.7. The molecular weight excluding hydrogens is 301 g/mol. The molecule has 1 saturated heterocycles. The molecule has 5 nitrogen and oxygen atoms in total. The van der Waals surface area contributed by atoms with Crippen molar-refractivity contribution >= 4 is 6.09 Å². The molecule has 0 radical (unpaired) electrons. The molecule has 23 heavy (non-hydrogen) atoms. The number of ether oxygens (including phenoxy) is 2. The Balaban J connectivity index is 2.07. The summed E-state index contributed by atoms with van der Waals surface area (Å²) in [6.45, 7) is 6.31. The smallest absolute Gasteiger partial charge is 0.410 e. The number of hydrogen-bond donors (Lipinski definition) is 1. The first kappa shape index (κ1) is 17.5. The van der Waals surface area contributed by atoms with E-state index in [4.69, 9.17) is 9.47 Å². The SMILES string of the molecule is COc1ccc(F)cc1C(O)C1CCN(C(=O)OC(C)(C)C)C1. The monoisotopic (exact) mass is 325 g/mol. The van der Waals surface area contributed by atoms with E-state index in [1.54, 1.807) is 4.90 Å². The van der Waals surface area contributed by atoms with Gasteiger partial charge in [-0.3, -0.25) is 0 Å². The summed E-state index contributed by atoms with van der Waals surface area (Å²) in [5.41, 5.74) is -0.150. The second-order valence-electron chi connectivity index (χ2n) is 6.81. The highest BCUT2D eigenvalue weighted by Crippen LogP contribution is 2.35. The van der Waals surface area contributed by atoms with Gasteiger partial charge in [-0.25, -0.2) is 9.18 Å². The first-order chi connectivity index (χ1) is 10.7. The Bertz CT molecular complexity index is 570. The number of hydrogen-bond acceptors (Lipinski definition) is 4. The van der Waals surface area contributed by atoms with Gasteiger partial charge < -0.3 is 19.5 Å². The Morgan fingerprint density at radius 2 is 2.13 bits per heavy atom. The van der Waals surface area contributed by atoms with Gasteiger partial charge in [0.1, 0.15) is 17.2 Å². The number of methoxy groups -OCH3 is 1. The van der Waals surface area contributed by atoms with Gasteiger partial charge in [0.2, 0.25) is 0 Å². The molecule has 1 aromatic rings. The van der Waals surface area contributed by atoms with Crippen LogP contribution in [0.5, 0.6) is 5.75 Å². The fraction of sp³-hybridized carbons (Fsp3) is 0.588. The van der Waals surface area contributed by atoms with Crippen LogP contribution in [0.3, 0.4) is 0 Å². The normalized spacial score (nSPS) is 19.6. The predicted molar refractivity (Wildman–Crippen MR) is 83.8 cm³/mol. The number of likely N-dealkylation sites (tertiary alicyclic amines) is 1. The van der Waals surface area contributed by atoms with Crippen LogP contribution in [-0.2, 0) is 4.74 Å². The highest BCUT2D eigenvalue weighted by Gasteiger charge is 2.35. The molecule has 2 rings (SSSR count). The molecule has 0 saturated carbocycles. The summed E-state index contributed by atoms with van der Waals surface area (Å²) in [5.74, 6) is -0.172. The summed E-state index contributed by atoms with van der Waals surface area (Å²) in [7, 11) is 1.48. The second kappa shape index (κ2) is 6.74. The Hall–Kier alpha value is -1.82. The van der Waals surface area contributed by atoms with Crippen molar-refractivity contribution in [3.63, 3.8) is 0 Å². The molecule has 2 unspecified atom stereocenters. The minimum absolute atomic E-state index is 0.182. The Kier molecular flexibility index (Phi) is 5.14. The van der Waals surface area contributed by atoms with E-state index in [-0.39, 0.29) is 5.92 Å². The molecule has 6 heteroatoms. The lowest BCUT2D eigenvalue weighted by molar-refractivity contribution is 0.0267. The number of aliphatic hydroxyl groups is 1. The molecule has 2 atom stereocenters. The van der Waals surface area contributed by atoms with Crippen molar-refractivity contribution in [2.45, 2.75) is 38.9 Å². The van der Waals surface area contributed by atoms with Crippen molar-refractivity contribution in [1.82, 2.24) is 4.90 Å². The summed E-state index contributed by atoms with van der Waals surface area (Å²) in [6, 6.07) is 4.06. The molecule has 1 heterocycles. The lowest BCUT2D eigenvalue weighted by Crippen LogP contribution is -2.35. The molecule has 0 bridgehead atoms. The molecule has 1 amide bonds. The van der Waals surface area contributed by atoms with E-state index < -0.39 is 23.6 Å². The average molecular weight is 325 g/mol. The first-order valence-corrected chi connectivity index (χ1v) is 7.70. The van der Waals surface area contributed by atoms with E-state index in [0.717, 1.165) is 0 Å². The van der Waals surface area contributed by atoms with Crippen molar-refractivity contribution < 1.29 is 23.8 Å². The standard InChI is InChI=1S/C17H24FNO4/c1-17(2,3)23-16(21)19-8-7-11(10-19)15(20)13-9-12(18)5-6-14(13)22-4/h5-6,9,11,15,20H,7-8,10H2,1-4H3. The highest BCUT2D eigenvalue weighted by molar-refractivity contribution is 5.68. The third-order valence-electron chi connectivity index (χ3n) is 3.83. The van der Waals surface area contributed by atoms with Gasteiger partial charge in [-0.05, 0) is 45.4 Å².